The first-order valence-corrected chi connectivity index (χ1v) is 9.84. The minimum atomic E-state index is -0.380. The third kappa shape index (κ3) is 5.67. The summed E-state index contributed by atoms with van der Waals surface area (Å²) in [6.45, 7) is 4.38. The highest BCUT2D eigenvalue weighted by atomic mass is 19.1. The van der Waals surface area contributed by atoms with Gasteiger partial charge in [0.1, 0.15) is 5.70 Å². The predicted octanol–water partition coefficient (Wildman–Crippen LogP) is 2.66. The van der Waals surface area contributed by atoms with Gasteiger partial charge in [-0.1, -0.05) is 36.4 Å². The second-order valence-corrected chi connectivity index (χ2v) is 7.19. The Bertz CT molecular complexity index is 923. The van der Waals surface area contributed by atoms with Crippen molar-refractivity contribution in [2.24, 2.45) is 0 Å². The number of halogens is 1. The summed E-state index contributed by atoms with van der Waals surface area (Å²) in [6, 6.07) is 14.3. The van der Waals surface area contributed by atoms with E-state index in [9.17, 15) is 14.0 Å². The molecular weight excluding hydrogens is 385 g/mol. The summed E-state index contributed by atoms with van der Waals surface area (Å²) in [4.78, 5) is 28.5. The fourth-order valence-electron chi connectivity index (χ4n) is 3.40. The lowest BCUT2D eigenvalue weighted by Gasteiger charge is -2.35. The molecule has 0 aliphatic carbocycles. The molecule has 2 aromatic carbocycles. The normalized spacial score (nSPS) is 15.0. The zero-order chi connectivity index (χ0) is 21.5. The Morgan fingerprint density at radius 1 is 1.10 bits per heavy atom. The van der Waals surface area contributed by atoms with Crippen molar-refractivity contribution in [1.82, 2.24) is 15.1 Å². The van der Waals surface area contributed by atoms with Crippen molar-refractivity contribution in [3.05, 3.63) is 71.2 Å². The summed E-state index contributed by atoms with van der Waals surface area (Å²) in [5.41, 5.74) is 1.96. The lowest BCUT2D eigenvalue weighted by Crippen LogP contribution is -2.50. The van der Waals surface area contributed by atoms with Crippen LogP contribution in [-0.2, 0) is 16.1 Å². The van der Waals surface area contributed by atoms with Crippen LogP contribution in [0.1, 0.15) is 18.1 Å². The van der Waals surface area contributed by atoms with E-state index in [0.717, 1.165) is 11.1 Å². The predicted molar refractivity (Wildman–Crippen MR) is 113 cm³/mol. The second kappa shape index (κ2) is 10.0. The first-order valence-electron chi connectivity index (χ1n) is 9.84. The summed E-state index contributed by atoms with van der Waals surface area (Å²) in [7, 11) is 1.44. The van der Waals surface area contributed by atoms with Crippen molar-refractivity contribution in [2.75, 3.05) is 33.3 Å². The van der Waals surface area contributed by atoms with Gasteiger partial charge in [0.05, 0.1) is 7.11 Å². The number of carbonyl (C=O) groups is 2. The van der Waals surface area contributed by atoms with Crippen LogP contribution in [0.15, 0.2) is 54.2 Å². The summed E-state index contributed by atoms with van der Waals surface area (Å²) in [5, 5.41) is 2.66. The van der Waals surface area contributed by atoms with Gasteiger partial charge in [-0.2, -0.15) is 0 Å². The molecule has 158 valence electrons. The molecule has 1 fully saturated rings. The molecule has 2 aromatic rings. The number of nitrogens with one attached hydrogen (secondary N) is 1. The molecule has 1 saturated heterocycles. The van der Waals surface area contributed by atoms with Crippen LogP contribution in [0, 0.1) is 5.82 Å². The topological polar surface area (TPSA) is 61.9 Å². The van der Waals surface area contributed by atoms with Gasteiger partial charge in [-0.25, -0.2) is 4.39 Å². The van der Waals surface area contributed by atoms with E-state index in [1.807, 2.05) is 36.4 Å². The molecule has 0 saturated carbocycles. The van der Waals surface area contributed by atoms with Gasteiger partial charge in [-0.3, -0.25) is 14.5 Å². The third-order valence-corrected chi connectivity index (χ3v) is 4.93. The van der Waals surface area contributed by atoms with E-state index in [2.05, 4.69) is 10.2 Å². The zero-order valence-corrected chi connectivity index (χ0v) is 17.2. The number of carbonyl (C=O) groups excluding carboxylic acids is 2. The summed E-state index contributed by atoms with van der Waals surface area (Å²) >= 11 is 0. The van der Waals surface area contributed by atoms with Gasteiger partial charge in [0, 0.05) is 39.6 Å². The molecule has 0 radical (unpaired) electrons. The Balaban J connectivity index is 1.62. The SMILES string of the molecule is COc1ccc(CN2CCN(C(=O)/C(=C/c3ccccc3)NC(C)=O)CC2)cc1F. The molecule has 1 aliphatic heterocycles. The van der Waals surface area contributed by atoms with E-state index in [1.165, 1.54) is 20.1 Å². The largest absolute Gasteiger partial charge is 0.494 e. The maximum Gasteiger partial charge on any atom is 0.270 e. The van der Waals surface area contributed by atoms with Crippen LogP contribution in [0.2, 0.25) is 0 Å². The molecule has 1 aliphatic rings. The van der Waals surface area contributed by atoms with Crippen LogP contribution >= 0.6 is 0 Å². The molecular formula is C23H26FN3O3. The van der Waals surface area contributed by atoms with Gasteiger partial charge in [0.25, 0.3) is 5.91 Å². The van der Waals surface area contributed by atoms with Gasteiger partial charge in [0.15, 0.2) is 11.6 Å². The van der Waals surface area contributed by atoms with Gasteiger partial charge >= 0.3 is 0 Å². The van der Waals surface area contributed by atoms with Crippen molar-refractivity contribution in [2.45, 2.75) is 13.5 Å². The van der Waals surface area contributed by atoms with Crippen LogP contribution in [-0.4, -0.2) is 54.9 Å². The maximum atomic E-state index is 13.9. The van der Waals surface area contributed by atoms with Crippen LogP contribution in [0.5, 0.6) is 5.75 Å². The molecule has 0 bridgehead atoms. The van der Waals surface area contributed by atoms with Gasteiger partial charge in [-0.05, 0) is 29.3 Å². The molecule has 7 heteroatoms. The van der Waals surface area contributed by atoms with Crippen molar-refractivity contribution in [3.8, 4) is 5.75 Å². The highest BCUT2D eigenvalue weighted by Gasteiger charge is 2.24. The molecule has 30 heavy (non-hydrogen) atoms. The molecule has 0 spiro atoms. The molecule has 1 N–H and O–H groups in total. The average Bonchev–Trinajstić information content (AvgIpc) is 2.74. The average molecular weight is 411 g/mol. The van der Waals surface area contributed by atoms with E-state index in [4.69, 9.17) is 4.74 Å². The van der Waals surface area contributed by atoms with E-state index in [-0.39, 0.29) is 29.1 Å². The van der Waals surface area contributed by atoms with Gasteiger partial charge < -0.3 is 15.0 Å². The second-order valence-electron chi connectivity index (χ2n) is 7.19. The smallest absolute Gasteiger partial charge is 0.270 e. The molecule has 0 aromatic heterocycles. The van der Waals surface area contributed by atoms with Crippen molar-refractivity contribution < 1.29 is 18.7 Å². The van der Waals surface area contributed by atoms with Crippen LogP contribution in [0.4, 0.5) is 4.39 Å². The van der Waals surface area contributed by atoms with E-state index < -0.39 is 0 Å². The fourth-order valence-corrected chi connectivity index (χ4v) is 3.40. The monoisotopic (exact) mass is 411 g/mol. The minimum absolute atomic E-state index is 0.204. The number of nitrogens with zero attached hydrogens (tertiary/aromatic N) is 2. The first kappa shape index (κ1) is 21.5. The molecule has 2 amide bonds. The number of ether oxygens (including phenoxy) is 1. The highest BCUT2D eigenvalue weighted by Crippen LogP contribution is 2.19. The minimum Gasteiger partial charge on any atom is -0.494 e. The van der Waals surface area contributed by atoms with Crippen LogP contribution in [0.3, 0.4) is 0 Å². The lowest BCUT2D eigenvalue weighted by atomic mass is 10.1. The zero-order valence-electron chi connectivity index (χ0n) is 17.2. The first-order chi connectivity index (χ1) is 14.5. The maximum absolute atomic E-state index is 13.9. The quantitative estimate of drug-likeness (QED) is 0.743. The number of benzene rings is 2. The van der Waals surface area contributed by atoms with Crippen molar-refractivity contribution in [1.29, 1.82) is 0 Å². The number of rotatable bonds is 6. The fraction of sp³-hybridized carbons (Fsp3) is 0.304. The molecule has 3 rings (SSSR count). The summed E-state index contributed by atoms with van der Waals surface area (Å²) < 4.78 is 18.9. The van der Waals surface area contributed by atoms with Gasteiger partial charge in [0.2, 0.25) is 5.91 Å². The highest BCUT2D eigenvalue weighted by molar-refractivity contribution is 6.01. The van der Waals surface area contributed by atoms with Crippen molar-refractivity contribution >= 4 is 17.9 Å². The van der Waals surface area contributed by atoms with E-state index >= 15 is 0 Å². The Kier molecular flexibility index (Phi) is 7.19. The Morgan fingerprint density at radius 2 is 1.80 bits per heavy atom. The molecule has 1 heterocycles. The third-order valence-electron chi connectivity index (χ3n) is 4.93. The Morgan fingerprint density at radius 3 is 2.40 bits per heavy atom. The number of piperazine rings is 1. The summed E-state index contributed by atoms with van der Waals surface area (Å²) in [6.07, 6.45) is 1.69. The van der Waals surface area contributed by atoms with Crippen LogP contribution in [0.25, 0.3) is 6.08 Å². The standard InChI is InChI=1S/C23H26FN3O3/c1-17(28)25-21(15-18-6-4-3-5-7-18)23(29)27-12-10-26(11-13-27)16-19-8-9-22(30-2)20(24)14-19/h3-9,14-15H,10-13,16H2,1-2H3,(H,25,28)/b21-15-. The Hall–Kier alpha value is -3.19. The van der Waals surface area contributed by atoms with E-state index in [0.29, 0.717) is 32.7 Å². The van der Waals surface area contributed by atoms with Gasteiger partial charge in [-0.15, -0.1) is 0 Å². The molecule has 6 nitrogen and oxygen atoms in total. The summed E-state index contributed by atoms with van der Waals surface area (Å²) in [5.74, 6) is -0.644. The Labute approximate surface area is 175 Å². The lowest BCUT2D eigenvalue weighted by molar-refractivity contribution is -0.130. The van der Waals surface area contributed by atoms with Crippen LogP contribution < -0.4 is 10.1 Å². The number of hydrogen-bond acceptors (Lipinski definition) is 4. The number of amides is 2. The van der Waals surface area contributed by atoms with E-state index in [1.54, 1.807) is 17.0 Å². The molecule has 0 unspecified atom stereocenters. The van der Waals surface area contributed by atoms with Crippen molar-refractivity contribution in [3.63, 3.8) is 0 Å². The number of hydrogen-bond donors (Lipinski definition) is 1. The molecule has 0 atom stereocenters. The number of methoxy groups -OCH3 is 1.